The third-order valence-electron chi connectivity index (χ3n) is 8.13. The second-order valence-corrected chi connectivity index (χ2v) is 16.8. The number of benzene rings is 1. The Morgan fingerprint density at radius 3 is 1.95 bits per heavy atom. The summed E-state index contributed by atoms with van der Waals surface area (Å²) in [4.78, 5) is 80.0. The van der Waals surface area contributed by atoms with Gasteiger partial charge in [-0.15, -0.1) is 0 Å². The zero-order valence-corrected chi connectivity index (χ0v) is 35.3. The van der Waals surface area contributed by atoms with Crippen LogP contribution in [-0.2, 0) is 39.8 Å². The van der Waals surface area contributed by atoms with Crippen molar-refractivity contribution >= 4 is 47.0 Å². The van der Waals surface area contributed by atoms with Crippen molar-refractivity contribution in [3.63, 3.8) is 0 Å². The zero-order chi connectivity index (χ0) is 43.1. The van der Waals surface area contributed by atoms with Crippen LogP contribution in [-0.4, -0.2) is 107 Å². The molecule has 4 amide bonds. The molecular formula is C41H64N6O10. The van der Waals surface area contributed by atoms with Crippen molar-refractivity contribution in [2.75, 3.05) is 26.7 Å². The number of likely N-dealkylation sites (N-methyl/N-ethyl adjacent to an activating group) is 1. The molecule has 2 aromatic rings. The number of rotatable bonds is 18. The van der Waals surface area contributed by atoms with Crippen LogP contribution in [0.4, 0.5) is 14.4 Å². The number of aromatic nitrogens is 1. The smallest absolute Gasteiger partial charge is 0.419 e. The highest BCUT2D eigenvalue weighted by Gasteiger charge is 2.35. The van der Waals surface area contributed by atoms with Gasteiger partial charge in [0.1, 0.15) is 35.5 Å². The molecule has 2 rings (SSSR count). The third-order valence-corrected chi connectivity index (χ3v) is 8.13. The summed E-state index contributed by atoms with van der Waals surface area (Å²) in [5.74, 6) is -1.91. The topological polar surface area (TPSA) is 210 Å². The first-order valence-electron chi connectivity index (χ1n) is 19.3. The number of carbonyl (C=O) groups is 6. The first kappa shape index (κ1) is 48.0. The van der Waals surface area contributed by atoms with Crippen LogP contribution >= 0.6 is 0 Å². The van der Waals surface area contributed by atoms with E-state index in [1.54, 1.807) is 92.8 Å². The molecule has 1 aromatic heterocycles. The maximum absolute atomic E-state index is 14.3. The molecule has 16 nitrogen and oxygen atoms in total. The number of nitrogens with one attached hydrogen (secondary N) is 3. The summed E-state index contributed by atoms with van der Waals surface area (Å²) in [6.45, 7) is 19.7. The number of nitrogens with zero attached hydrogens (tertiary/aromatic N) is 2. The monoisotopic (exact) mass is 800 g/mol. The summed E-state index contributed by atoms with van der Waals surface area (Å²) in [6.07, 6.45) is 2.69. The van der Waals surface area contributed by atoms with Crippen molar-refractivity contribution in [3.05, 3.63) is 48.7 Å². The Morgan fingerprint density at radius 1 is 0.825 bits per heavy atom. The number of para-hydroxylation sites is 1. The van der Waals surface area contributed by atoms with Gasteiger partial charge in [-0.05, 0) is 106 Å². The second kappa shape index (κ2) is 21.4. The Kier molecular flexibility index (Phi) is 18.0. The van der Waals surface area contributed by atoms with Crippen molar-refractivity contribution in [1.29, 1.82) is 0 Å². The van der Waals surface area contributed by atoms with E-state index in [4.69, 9.17) is 24.7 Å². The van der Waals surface area contributed by atoms with E-state index in [2.05, 4.69) is 22.5 Å². The minimum absolute atomic E-state index is 0.0425. The zero-order valence-electron chi connectivity index (χ0n) is 35.3. The number of hydrogen-bond acceptors (Lipinski definition) is 11. The molecule has 1 heterocycles. The van der Waals surface area contributed by atoms with Crippen molar-refractivity contribution in [1.82, 2.24) is 25.4 Å². The maximum atomic E-state index is 14.3. The van der Waals surface area contributed by atoms with Crippen LogP contribution in [0.2, 0.25) is 0 Å². The van der Waals surface area contributed by atoms with Crippen LogP contribution in [0.25, 0.3) is 10.9 Å². The Bertz CT molecular complexity index is 1700. The molecule has 57 heavy (non-hydrogen) atoms. The average Bonchev–Trinajstić information content (AvgIpc) is 3.46. The first-order chi connectivity index (χ1) is 26.4. The average molecular weight is 801 g/mol. The van der Waals surface area contributed by atoms with E-state index in [1.165, 1.54) is 22.6 Å². The molecule has 3 atom stereocenters. The fourth-order valence-corrected chi connectivity index (χ4v) is 5.57. The summed E-state index contributed by atoms with van der Waals surface area (Å²) >= 11 is 0. The van der Waals surface area contributed by atoms with Crippen LogP contribution in [0, 0.1) is 0 Å². The van der Waals surface area contributed by atoms with Crippen molar-refractivity contribution < 1.29 is 47.7 Å². The normalized spacial score (nSPS) is 13.4. The van der Waals surface area contributed by atoms with Gasteiger partial charge in [-0.3, -0.25) is 14.2 Å². The number of amides is 4. The molecule has 5 N–H and O–H groups in total. The Balaban J connectivity index is 2.34. The van der Waals surface area contributed by atoms with Gasteiger partial charge in [-0.2, -0.15) is 0 Å². The van der Waals surface area contributed by atoms with Crippen molar-refractivity contribution in [3.8, 4) is 0 Å². The Morgan fingerprint density at radius 2 is 1.39 bits per heavy atom. The molecule has 0 aliphatic carbocycles. The van der Waals surface area contributed by atoms with Gasteiger partial charge < -0.3 is 45.5 Å². The molecule has 1 aromatic carbocycles. The molecule has 0 fully saturated rings. The number of unbranched alkanes of at least 4 members (excludes halogenated alkanes) is 1. The molecular weight excluding hydrogens is 736 g/mol. The number of esters is 1. The van der Waals surface area contributed by atoms with Gasteiger partial charge in [0.15, 0.2) is 0 Å². The molecule has 16 heteroatoms. The number of hydrogen-bond donors (Lipinski definition) is 4. The van der Waals surface area contributed by atoms with Gasteiger partial charge >= 0.3 is 24.2 Å². The summed E-state index contributed by atoms with van der Waals surface area (Å²) in [6, 6.07) is 3.81. The fraction of sp³-hybridized carbons (Fsp3) is 0.610. The number of fused-ring (bicyclic) bond motifs is 1. The highest BCUT2D eigenvalue weighted by molar-refractivity contribution is 5.94. The van der Waals surface area contributed by atoms with Gasteiger partial charge in [0.05, 0.1) is 11.6 Å². The van der Waals surface area contributed by atoms with E-state index < -0.39 is 71.0 Å². The number of alkyl carbamates (subject to hydrolysis) is 2. The largest absolute Gasteiger partial charge is 0.460 e. The van der Waals surface area contributed by atoms with Gasteiger partial charge in [-0.1, -0.05) is 30.9 Å². The molecule has 0 bridgehead atoms. The highest BCUT2D eigenvalue weighted by Crippen LogP contribution is 2.26. The van der Waals surface area contributed by atoms with Crippen molar-refractivity contribution in [2.24, 2.45) is 5.73 Å². The van der Waals surface area contributed by atoms with E-state index in [-0.39, 0.29) is 39.0 Å². The van der Waals surface area contributed by atoms with E-state index in [0.29, 0.717) is 35.7 Å². The molecule has 0 aliphatic rings. The van der Waals surface area contributed by atoms with Crippen LogP contribution in [0.1, 0.15) is 100.0 Å². The van der Waals surface area contributed by atoms with Crippen LogP contribution in [0.5, 0.6) is 0 Å². The van der Waals surface area contributed by atoms with Gasteiger partial charge in [0.2, 0.25) is 11.8 Å². The first-order valence-corrected chi connectivity index (χ1v) is 19.3. The lowest BCUT2D eigenvalue weighted by molar-refractivity contribution is -0.154. The highest BCUT2D eigenvalue weighted by atomic mass is 16.6. The summed E-state index contributed by atoms with van der Waals surface area (Å²) in [7, 11) is 1.45. The summed E-state index contributed by atoms with van der Waals surface area (Å²) in [5, 5.41) is 8.75. The quantitative estimate of drug-likeness (QED) is 0.0655. The third kappa shape index (κ3) is 17.3. The van der Waals surface area contributed by atoms with Gasteiger partial charge in [0.25, 0.3) is 0 Å². The standard InChI is InChI=1S/C41H64N6O10/c1-12-24-54-35(50)32(25-27-26-47(38(53)57-41(8,9)10)31-21-14-13-18-28(27)31)46(11)34(49)30(20-15-16-22-43-36(51)55-39(2,3)4)45-33(48)29(42)19-17-23-44-37(52)56-40(5,6)7/h12-14,18,21,26,29-30,32H,1,15-17,19-20,22-25,42H2,2-11H3,(H,43,51)(H,44,52)(H,45,48)/t29?,30?,32-/m0/s1. The van der Waals surface area contributed by atoms with Gasteiger partial charge in [-0.25, -0.2) is 19.2 Å². The molecule has 2 unspecified atom stereocenters. The fourth-order valence-electron chi connectivity index (χ4n) is 5.57. The van der Waals surface area contributed by atoms with Crippen LogP contribution < -0.4 is 21.7 Å². The number of ether oxygens (including phenoxy) is 4. The lowest BCUT2D eigenvalue weighted by Crippen LogP contribution is -2.55. The van der Waals surface area contributed by atoms with E-state index in [1.807, 2.05) is 0 Å². The van der Waals surface area contributed by atoms with Crippen LogP contribution in [0.15, 0.2) is 43.1 Å². The van der Waals surface area contributed by atoms with E-state index in [9.17, 15) is 28.8 Å². The SMILES string of the molecule is C=CCOC(=O)[C@H](Cc1cn(C(=O)OC(C)(C)C)c2ccccc12)N(C)C(=O)C(CCCCNC(=O)OC(C)(C)C)NC(=O)C(N)CCCNC(=O)OC(C)(C)C. The Labute approximate surface area is 336 Å². The molecule has 0 aliphatic heterocycles. The number of nitrogens with two attached hydrogens (primary N) is 1. The lowest BCUT2D eigenvalue weighted by atomic mass is 10.0. The molecule has 0 saturated carbocycles. The minimum Gasteiger partial charge on any atom is -0.460 e. The summed E-state index contributed by atoms with van der Waals surface area (Å²) < 4.78 is 23.0. The number of carbonyl (C=O) groups excluding carboxylic acids is 6. The lowest BCUT2D eigenvalue weighted by Gasteiger charge is -2.31. The second-order valence-electron chi connectivity index (χ2n) is 16.8. The predicted molar refractivity (Wildman–Crippen MR) is 216 cm³/mol. The molecule has 318 valence electrons. The predicted octanol–water partition coefficient (Wildman–Crippen LogP) is 5.34. The molecule has 0 spiro atoms. The van der Waals surface area contributed by atoms with E-state index in [0.717, 1.165) is 0 Å². The maximum Gasteiger partial charge on any atom is 0.419 e. The summed E-state index contributed by atoms with van der Waals surface area (Å²) in [5.41, 5.74) is 5.26. The van der Waals surface area contributed by atoms with Crippen LogP contribution in [0.3, 0.4) is 0 Å². The van der Waals surface area contributed by atoms with E-state index >= 15 is 0 Å². The van der Waals surface area contributed by atoms with Crippen molar-refractivity contribution in [2.45, 2.75) is 136 Å². The molecule has 0 radical (unpaired) electrons. The minimum atomic E-state index is -1.18. The molecule has 0 saturated heterocycles. The van der Waals surface area contributed by atoms with Gasteiger partial charge in [0, 0.05) is 38.1 Å². The Hall–Kier alpha value is -5.12.